The molecule has 0 saturated heterocycles. The normalized spacial score (nSPS) is 11.5. The van der Waals surface area contributed by atoms with Gasteiger partial charge in [-0.15, -0.1) is 0 Å². The zero-order chi connectivity index (χ0) is 19.5. The van der Waals surface area contributed by atoms with Crippen LogP contribution in [-0.2, 0) is 16.5 Å². The molecule has 0 fully saturated rings. The summed E-state index contributed by atoms with van der Waals surface area (Å²) in [4.78, 5) is -0.110. The first-order valence-electron chi connectivity index (χ1n) is 10.5. The summed E-state index contributed by atoms with van der Waals surface area (Å²) in [5, 5.41) is 1.44. The molecule has 2 rings (SSSR count). The fourth-order valence-electron chi connectivity index (χ4n) is 3.76. The molecule has 0 aliphatic carbocycles. The van der Waals surface area contributed by atoms with E-state index in [-0.39, 0.29) is 34.5 Å². The van der Waals surface area contributed by atoms with Crippen molar-refractivity contribution < 1.29 is 42.5 Å². The van der Waals surface area contributed by atoms with Crippen LogP contribution in [0.25, 0.3) is 10.8 Å². The van der Waals surface area contributed by atoms with Crippen LogP contribution in [0, 0.1) is 0 Å². The van der Waals surface area contributed by atoms with Crippen LogP contribution in [0.1, 0.15) is 83.1 Å². The third-order valence-electron chi connectivity index (χ3n) is 5.29. The fourth-order valence-corrected chi connectivity index (χ4v) is 4.45. The van der Waals surface area contributed by atoms with Gasteiger partial charge in [-0.05, 0) is 35.2 Å². The zero-order valence-electron chi connectivity index (χ0n) is 17.6. The van der Waals surface area contributed by atoms with Gasteiger partial charge in [0.15, 0.2) is 0 Å². The van der Waals surface area contributed by atoms with Crippen molar-refractivity contribution >= 4 is 20.9 Å². The monoisotopic (exact) mass is 412 g/mol. The van der Waals surface area contributed by atoms with E-state index in [1.54, 1.807) is 12.1 Å². The number of rotatable bonds is 13. The van der Waals surface area contributed by atoms with E-state index in [0.717, 1.165) is 23.8 Å². The molecule has 0 radical (unpaired) electrons. The maximum absolute atomic E-state index is 11.5. The van der Waals surface area contributed by atoms with Gasteiger partial charge in [-0.1, -0.05) is 101 Å². The Balaban J connectivity index is 0.00000392. The molecular formula is C23H33NaO3S. The molecule has 0 N–H and O–H groups in total. The van der Waals surface area contributed by atoms with Gasteiger partial charge < -0.3 is 4.55 Å². The molecule has 3 nitrogen and oxygen atoms in total. The van der Waals surface area contributed by atoms with E-state index in [9.17, 15) is 13.0 Å². The third-order valence-corrected chi connectivity index (χ3v) is 6.19. The molecule has 0 unspecified atom stereocenters. The standard InChI is InChI=1S/C23H34O3S.Na/c1-2-3-4-5-6-7-8-9-10-11-12-15-20-16-13-18-22-21(20)17-14-19-23(22)27(24,25)26;/h13-14,16-19H,2-12,15H2,1H3,(H,24,25,26);/q;+1/p-1. The SMILES string of the molecule is CCCCCCCCCCCCCc1cccc2c(S(=O)(=O)[O-])cccc12.[Na+]. The van der Waals surface area contributed by atoms with E-state index < -0.39 is 10.1 Å². The van der Waals surface area contributed by atoms with Gasteiger partial charge >= 0.3 is 29.6 Å². The summed E-state index contributed by atoms with van der Waals surface area (Å²) in [6.45, 7) is 2.25. The van der Waals surface area contributed by atoms with Crippen LogP contribution in [0.5, 0.6) is 0 Å². The Labute approximate surface area is 193 Å². The number of fused-ring (bicyclic) bond motifs is 1. The van der Waals surface area contributed by atoms with Crippen LogP contribution in [0.2, 0.25) is 0 Å². The summed E-state index contributed by atoms with van der Waals surface area (Å²) >= 11 is 0. The summed E-state index contributed by atoms with van der Waals surface area (Å²) in [5.74, 6) is 0. The van der Waals surface area contributed by atoms with Crippen molar-refractivity contribution in [3.8, 4) is 0 Å². The fraction of sp³-hybridized carbons (Fsp3) is 0.565. The second kappa shape index (κ2) is 13.8. The molecule has 5 heteroatoms. The van der Waals surface area contributed by atoms with Gasteiger partial charge in [-0.25, -0.2) is 8.42 Å². The molecule has 0 bridgehead atoms. The van der Waals surface area contributed by atoms with Gasteiger partial charge in [0.05, 0.1) is 4.90 Å². The van der Waals surface area contributed by atoms with Crippen LogP contribution in [0.15, 0.2) is 41.3 Å². The molecule has 0 heterocycles. The van der Waals surface area contributed by atoms with E-state index in [0.29, 0.717) is 5.39 Å². The van der Waals surface area contributed by atoms with Crippen LogP contribution < -0.4 is 29.6 Å². The van der Waals surface area contributed by atoms with Crippen molar-refractivity contribution in [3.63, 3.8) is 0 Å². The summed E-state index contributed by atoms with van der Waals surface area (Å²) in [5.41, 5.74) is 1.13. The van der Waals surface area contributed by atoms with Crippen LogP contribution in [0.4, 0.5) is 0 Å². The predicted molar refractivity (Wildman–Crippen MR) is 112 cm³/mol. The van der Waals surface area contributed by atoms with Crippen LogP contribution >= 0.6 is 0 Å². The zero-order valence-corrected chi connectivity index (χ0v) is 20.4. The summed E-state index contributed by atoms with van der Waals surface area (Å²) < 4.78 is 34.4. The first-order valence-corrected chi connectivity index (χ1v) is 11.9. The van der Waals surface area contributed by atoms with E-state index >= 15 is 0 Å². The quantitative estimate of drug-likeness (QED) is 0.287. The Morgan fingerprint density at radius 1 is 0.714 bits per heavy atom. The number of aryl methyl sites for hydroxylation is 1. The minimum absolute atomic E-state index is 0. The molecule has 0 saturated carbocycles. The molecule has 150 valence electrons. The average Bonchev–Trinajstić information content (AvgIpc) is 2.65. The van der Waals surface area contributed by atoms with Crippen molar-refractivity contribution in [3.05, 3.63) is 42.0 Å². The van der Waals surface area contributed by atoms with Crippen LogP contribution in [0.3, 0.4) is 0 Å². The molecule has 0 aliphatic heterocycles. The molecule has 0 amide bonds. The number of benzene rings is 2. The molecule has 0 atom stereocenters. The van der Waals surface area contributed by atoms with E-state index in [4.69, 9.17) is 0 Å². The molecule has 0 aromatic heterocycles. The van der Waals surface area contributed by atoms with E-state index in [1.807, 2.05) is 18.2 Å². The Kier molecular flexibility index (Phi) is 12.6. The first kappa shape index (κ1) is 25.6. The minimum atomic E-state index is -4.44. The predicted octanol–water partition coefficient (Wildman–Crippen LogP) is 3.60. The number of hydrogen-bond acceptors (Lipinski definition) is 3. The van der Waals surface area contributed by atoms with Gasteiger partial charge in [0, 0.05) is 0 Å². The minimum Gasteiger partial charge on any atom is -0.744 e. The molecule has 2 aromatic rings. The molecule has 28 heavy (non-hydrogen) atoms. The third kappa shape index (κ3) is 8.54. The molecular weight excluding hydrogens is 379 g/mol. The summed E-state index contributed by atoms with van der Waals surface area (Å²) in [7, 11) is -4.44. The summed E-state index contributed by atoms with van der Waals surface area (Å²) in [6.07, 6.45) is 15.3. The first-order chi connectivity index (χ1) is 13.0. The number of unbranched alkanes of at least 4 members (excludes halogenated alkanes) is 10. The van der Waals surface area contributed by atoms with Crippen LogP contribution in [-0.4, -0.2) is 13.0 Å². The van der Waals surface area contributed by atoms with Crippen molar-refractivity contribution in [2.45, 2.75) is 88.9 Å². The second-order valence-electron chi connectivity index (χ2n) is 7.51. The summed E-state index contributed by atoms with van der Waals surface area (Å²) in [6, 6.07) is 10.6. The van der Waals surface area contributed by atoms with Crippen molar-refractivity contribution in [2.75, 3.05) is 0 Å². The largest absolute Gasteiger partial charge is 1.00 e. The second-order valence-corrected chi connectivity index (χ2v) is 8.86. The Morgan fingerprint density at radius 2 is 1.21 bits per heavy atom. The number of hydrogen-bond donors (Lipinski definition) is 0. The molecule has 0 aliphatic rings. The van der Waals surface area contributed by atoms with Crippen molar-refractivity contribution in [2.24, 2.45) is 0 Å². The van der Waals surface area contributed by atoms with Gasteiger partial charge in [0.1, 0.15) is 10.1 Å². The maximum atomic E-state index is 11.5. The molecule has 2 aromatic carbocycles. The Morgan fingerprint density at radius 3 is 1.79 bits per heavy atom. The van der Waals surface area contributed by atoms with Gasteiger partial charge in [-0.3, -0.25) is 0 Å². The average molecular weight is 413 g/mol. The Hall–Kier alpha value is -0.390. The Bertz CT molecular complexity index is 803. The topological polar surface area (TPSA) is 57.2 Å². The van der Waals surface area contributed by atoms with Crippen molar-refractivity contribution in [1.82, 2.24) is 0 Å². The van der Waals surface area contributed by atoms with Gasteiger partial charge in [-0.2, -0.15) is 0 Å². The van der Waals surface area contributed by atoms with E-state index in [2.05, 4.69) is 6.92 Å². The van der Waals surface area contributed by atoms with Crippen molar-refractivity contribution in [1.29, 1.82) is 0 Å². The van der Waals surface area contributed by atoms with Gasteiger partial charge in [0.2, 0.25) is 0 Å². The maximum Gasteiger partial charge on any atom is 1.00 e. The molecule has 0 spiro atoms. The smallest absolute Gasteiger partial charge is 0.744 e. The van der Waals surface area contributed by atoms with E-state index in [1.165, 1.54) is 70.3 Å². The van der Waals surface area contributed by atoms with Gasteiger partial charge in [0.25, 0.3) is 0 Å².